The smallest absolute Gasteiger partial charge is 0.306 e. The van der Waals surface area contributed by atoms with Gasteiger partial charge in [0.25, 0.3) is 0 Å². The molecule has 0 aromatic heterocycles. The Morgan fingerprint density at radius 3 is 0.896 bits per heavy atom. The zero-order chi connectivity index (χ0) is 48.6. The number of rotatable bonds is 54. The first-order chi connectivity index (χ1) is 33.0. The van der Waals surface area contributed by atoms with E-state index in [4.69, 9.17) is 14.2 Å². The van der Waals surface area contributed by atoms with Crippen molar-refractivity contribution in [1.82, 2.24) is 0 Å². The lowest BCUT2D eigenvalue weighted by Crippen LogP contribution is -2.30. The van der Waals surface area contributed by atoms with Gasteiger partial charge in [-0.25, -0.2) is 0 Å². The first kappa shape index (κ1) is 64.6. The molecule has 0 aliphatic carbocycles. The molecule has 0 heterocycles. The normalized spacial score (nSPS) is 12.2. The van der Waals surface area contributed by atoms with E-state index >= 15 is 0 Å². The molecule has 67 heavy (non-hydrogen) atoms. The molecule has 6 heteroatoms. The van der Waals surface area contributed by atoms with Crippen LogP contribution in [0.4, 0.5) is 0 Å². The summed E-state index contributed by atoms with van der Waals surface area (Å²) in [7, 11) is 0. The summed E-state index contributed by atoms with van der Waals surface area (Å²) in [5, 5.41) is 0. The lowest BCUT2D eigenvalue weighted by Gasteiger charge is -2.18. The van der Waals surface area contributed by atoms with Gasteiger partial charge >= 0.3 is 17.9 Å². The minimum atomic E-state index is -0.776. The predicted octanol–water partition coefficient (Wildman–Crippen LogP) is 19.7. The van der Waals surface area contributed by atoms with Gasteiger partial charge < -0.3 is 14.2 Å². The molecule has 0 bridgehead atoms. The van der Waals surface area contributed by atoms with Crippen molar-refractivity contribution in [2.24, 2.45) is 0 Å². The molecule has 0 fully saturated rings. The average molecular weight is 942 g/mol. The van der Waals surface area contributed by atoms with E-state index in [0.29, 0.717) is 19.3 Å². The van der Waals surface area contributed by atoms with Gasteiger partial charge in [0.2, 0.25) is 0 Å². The zero-order valence-corrected chi connectivity index (χ0v) is 44.9. The fourth-order valence-electron chi connectivity index (χ4n) is 8.80. The van der Waals surface area contributed by atoms with Crippen LogP contribution in [-0.4, -0.2) is 37.2 Å². The third-order valence-corrected chi connectivity index (χ3v) is 13.2. The van der Waals surface area contributed by atoms with Gasteiger partial charge in [-0.2, -0.15) is 0 Å². The number of carbonyl (C=O) groups excluding carboxylic acids is 3. The van der Waals surface area contributed by atoms with E-state index in [-0.39, 0.29) is 31.1 Å². The molecule has 0 spiro atoms. The summed E-state index contributed by atoms with van der Waals surface area (Å²) in [5.41, 5.74) is 0. The molecule has 392 valence electrons. The van der Waals surface area contributed by atoms with Crippen LogP contribution in [0.2, 0.25) is 0 Å². The Morgan fingerprint density at radius 1 is 0.313 bits per heavy atom. The van der Waals surface area contributed by atoms with Gasteiger partial charge in [0.05, 0.1) is 0 Å². The Bertz CT molecular complexity index is 1130. The second-order valence-corrected chi connectivity index (χ2v) is 20.0. The van der Waals surface area contributed by atoms with Crippen LogP contribution in [0.5, 0.6) is 0 Å². The molecule has 6 nitrogen and oxygen atoms in total. The van der Waals surface area contributed by atoms with Crippen molar-refractivity contribution in [3.63, 3.8) is 0 Å². The SMILES string of the molecule is CC/C=C/C=C/C=C/CCCCCCCC(=O)OCC(COC(=O)CCCCCCCCCCCCCCCCCCCC)OC(=O)CCCCCCCCCCCCCCCCCCCC. The third-order valence-electron chi connectivity index (χ3n) is 13.2. The summed E-state index contributed by atoms with van der Waals surface area (Å²) in [6, 6.07) is 0. The molecule has 1 atom stereocenters. The summed E-state index contributed by atoms with van der Waals surface area (Å²) < 4.78 is 16.9. The van der Waals surface area contributed by atoms with Crippen molar-refractivity contribution >= 4 is 17.9 Å². The first-order valence-corrected chi connectivity index (χ1v) is 29.5. The summed E-state index contributed by atoms with van der Waals surface area (Å²) in [4.78, 5) is 38.2. The molecule has 0 aliphatic rings. The number of unbranched alkanes of at least 4 members (excludes halogenated alkanes) is 39. The number of allylic oxidation sites excluding steroid dienone is 6. The number of hydrogen-bond donors (Lipinski definition) is 0. The summed E-state index contributed by atoms with van der Waals surface area (Å²) in [6.07, 6.45) is 67.1. The Labute approximate surface area is 416 Å². The van der Waals surface area contributed by atoms with E-state index in [9.17, 15) is 14.4 Å². The highest BCUT2D eigenvalue weighted by Crippen LogP contribution is 2.17. The number of hydrogen-bond acceptors (Lipinski definition) is 6. The van der Waals surface area contributed by atoms with E-state index in [1.807, 2.05) is 0 Å². The van der Waals surface area contributed by atoms with Crippen LogP contribution < -0.4 is 0 Å². The molecular formula is C61H112O6. The highest BCUT2D eigenvalue weighted by atomic mass is 16.6. The second kappa shape index (κ2) is 56.2. The molecule has 0 amide bonds. The van der Waals surface area contributed by atoms with Crippen LogP contribution >= 0.6 is 0 Å². The number of esters is 3. The summed E-state index contributed by atoms with van der Waals surface area (Å²) >= 11 is 0. The van der Waals surface area contributed by atoms with Crippen molar-refractivity contribution in [2.45, 2.75) is 322 Å². The number of ether oxygens (including phenoxy) is 3. The van der Waals surface area contributed by atoms with Crippen LogP contribution in [0.15, 0.2) is 36.5 Å². The molecule has 0 saturated carbocycles. The molecule has 1 unspecified atom stereocenters. The molecule has 0 saturated heterocycles. The maximum Gasteiger partial charge on any atom is 0.306 e. The first-order valence-electron chi connectivity index (χ1n) is 29.5. The Hall–Kier alpha value is -2.37. The monoisotopic (exact) mass is 941 g/mol. The Balaban J connectivity index is 4.31. The second-order valence-electron chi connectivity index (χ2n) is 20.0. The molecule has 0 rings (SSSR count). The standard InChI is InChI=1S/C61H112O6/c1-4-7-10-13-16-19-22-25-27-29-31-33-36-39-42-45-48-51-54-60(63)66-57-58(56-65-59(62)53-50-47-44-41-38-35-24-21-18-15-12-9-6-3)67-61(64)55-52-49-46-43-40-37-34-32-30-28-26-23-20-17-14-11-8-5-2/h9,12,15,18,21,24,58H,4-8,10-11,13-14,16-17,19-20,22-23,25-57H2,1-3H3/b12-9+,18-15+,24-21+. The van der Waals surface area contributed by atoms with Crippen molar-refractivity contribution < 1.29 is 28.6 Å². The van der Waals surface area contributed by atoms with Gasteiger partial charge in [0.1, 0.15) is 13.2 Å². The fourth-order valence-corrected chi connectivity index (χ4v) is 8.80. The highest BCUT2D eigenvalue weighted by molar-refractivity contribution is 5.71. The van der Waals surface area contributed by atoms with E-state index in [1.54, 1.807) is 0 Å². The van der Waals surface area contributed by atoms with Crippen LogP contribution in [-0.2, 0) is 28.6 Å². The van der Waals surface area contributed by atoms with Crippen LogP contribution in [0.25, 0.3) is 0 Å². The van der Waals surface area contributed by atoms with Gasteiger partial charge in [0, 0.05) is 19.3 Å². The molecule has 0 N–H and O–H groups in total. The fraction of sp³-hybridized carbons (Fsp3) is 0.852. The highest BCUT2D eigenvalue weighted by Gasteiger charge is 2.19. The average Bonchev–Trinajstić information content (AvgIpc) is 3.33. The van der Waals surface area contributed by atoms with Crippen molar-refractivity contribution in [3.05, 3.63) is 36.5 Å². The largest absolute Gasteiger partial charge is 0.462 e. The van der Waals surface area contributed by atoms with E-state index in [2.05, 4.69) is 57.2 Å². The van der Waals surface area contributed by atoms with Crippen molar-refractivity contribution in [2.75, 3.05) is 13.2 Å². The summed E-state index contributed by atoms with van der Waals surface area (Å²) in [5.74, 6) is -0.874. The zero-order valence-electron chi connectivity index (χ0n) is 44.9. The molecule has 0 aromatic carbocycles. The van der Waals surface area contributed by atoms with Crippen molar-refractivity contribution in [1.29, 1.82) is 0 Å². The topological polar surface area (TPSA) is 78.9 Å². The van der Waals surface area contributed by atoms with Gasteiger partial charge in [-0.3, -0.25) is 14.4 Å². The predicted molar refractivity (Wildman–Crippen MR) is 289 cm³/mol. The Morgan fingerprint density at radius 2 is 0.582 bits per heavy atom. The molecule has 0 radical (unpaired) electrons. The lowest BCUT2D eigenvalue weighted by molar-refractivity contribution is -0.167. The Kier molecular flexibility index (Phi) is 54.2. The minimum Gasteiger partial charge on any atom is -0.462 e. The van der Waals surface area contributed by atoms with Gasteiger partial charge in [0.15, 0.2) is 6.10 Å². The summed E-state index contributed by atoms with van der Waals surface area (Å²) in [6.45, 7) is 6.54. The maximum absolute atomic E-state index is 12.9. The maximum atomic E-state index is 12.9. The molecular weight excluding hydrogens is 829 g/mol. The van der Waals surface area contributed by atoms with Crippen LogP contribution in [0, 0.1) is 0 Å². The van der Waals surface area contributed by atoms with Gasteiger partial charge in [-0.05, 0) is 38.5 Å². The van der Waals surface area contributed by atoms with E-state index < -0.39 is 6.10 Å². The molecule has 0 aromatic rings. The van der Waals surface area contributed by atoms with E-state index in [0.717, 1.165) is 83.5 Å². The lowest BCUT2D eigenvalue weighted by atomic mass is 10.0. The van der Waals surface area contributed by atoms with Crippen molar-refractivity contribution in [3.8, 4) is 0 Å². The number of carbonyl (C=O) groups is 3. The van der Waals surface area contributed by atoms with Crippen LogP contribution in [0.3, 0.4) is 0 Å². The van der Waals surface area contributed by atoms with E-state index in [1.165, 1.54) is 193 Å². The third kappa shape index (κ3) is 54.4. The minimum absolute atomic E-state index is 0.0737. The quantitative estimate of drug-likeness (QED) is 0.0262. The van der Waals surface area contributed by atoms with Gasteiger partial charge in [-0.15, -0.1) is 0 Å². The van der Waals surface area contributed by atoms with Gasteiger partial charge in [-0.1, -0.05) is 295 Å². The van der Waals surface area contributed by atoms with Crippen LogP contribution in [0.1, 0.15) is 316 Å². The molecule has 0 aliphatic heterocycles.